The van der Waals surface area contributed by atoms with Crippen molar-refractivity contribution in [2.75, 3.05) is 7.05 Å². The summed E-state index contributed by atoms with van der Waals surface area (Å²) in [6.45, 7) is 2.95. The van der Waals surface area contributed by atoms with Gasteiger partial charge in [0.05, 0.1) is 5.39 Å². The molecule has 0 fully saturated rings. The van der Waals surface area contributed by atoms with E-state index in [0.717, 1.165) is 28.9 Å². The topological polar surface area (TPSA) is 47.0 Å². The van der Waals surface area contributed by atoms with Crippen LogP contribution in [0.4, 0.5) is 0 Å². The maximum Gasteiger partial charge on any atom is 0.231 e. The number of aromatic nitrogens is 2. The van der Waals surface area contributed by atoms with Crippen LogP contribution in [0.3, 0.4) is 0 Å². The van der Waals surface area contributed by atoms with Gasteiger partial charge in [-0.3, -0.25) is 0 Å². The highest BCUT2D eigenvalue weighted by atomic mass is 32.1. The van der Waals surface area contributed by atoms with Crippen LogP contribution >= 0.6 is 11.3 Å². The average Bonchev–Trinajstić information content (AvgIpc) is 2.92. The van der Waals surface area contributed by atoms with Gasteiger partial charge in [0.1, 0.15) is 16.9 Å². The molecule has 4 nitrogen and oxygen atoms in total. The second-order valence-electron chi connectivity index (χ2n) is 4.74. The molecule has 0 saturated carbocycles. The summed E-state index contributed by atoms with van der Waals surface area (Å²) >= 11 is 1.69. The lowest BCUT2D eigenvalue weighted by molar-refractivity contribution is 0.467. The fraction of sp³-hybridized carbons (Fsp3) is 0.250. The zero-order valence-corrected chi connectivity index (χ0v) is 12.9. The predicted molar refractivity (Wildman–Crippen MR) is 86.1 cm³/mol. The van der Waals surface area contributed by atoms with Crippen molar-refractivity contribution in [3.05, 3.63) is 47.1 Å². The second kappa shape index (κ2) is 6.20. The van der Waals surface area contributed by atoms with Gasteiger partial charge in [-0.05, 0) is 37.2 Å². The minimum atomic E-state index is 0.623. The van der Waals surface area contributed by atoms with E-state index in [1.165, 1.54) is 10.4 Å². The minimum absolute atomic E-state index is 0.623. The third-order valence-corrected chi connectivity index (χ3v) is 4.37. The first-order valence-electron chi connectivity index (χ1n) is 6.95. The Morgan fingerprint density at radius 1 is 1.24 bits per heavy atom. The summed E-state index contributed by atoms with van der Waals surface area (Å²) in [5, 5.41) is 4.12. The van der Waals surface area contributed by atoms with Gasteiger partial charge in [0.15, 0.2) is 0 Å². The third kappa shape index (κ3) is 3.04. The van der Waals surface area contributed by atoms with Crippen LogP contribution in [0.2, 0.25) is 0 Å². The molecule has 1 N–H and O–H groups in total. The summed E-state index contributed by atoms with van der Waals surface area (Å²) in [6, 6.07) is 10.1. The smallest absolute Gasteiger partial charge is 0.231 e. The molecule has 0 atom stereocenters. The van der Waals surface area contributed by atoms with E-state index in [-0.39, 0.29) is 0 Å². The number of benzene rings is 1. The van der Waals surface area contributed by atoms with Gasteiger partial charge in [-0.2, -0.15) is 0 Å². The molecule has 0 spiro atoms. The molecule has 0 saturated heterocycles. The quantitative estimate of drug-likeness (QED) is 0.779. The van der Waals surface area contributed by atoms with E-state index in [0.29, 0.717) is 5.88 Å². The number of thiophene rings is 1. The van der Waals surface area contributed by atoms with Crippen molar-refractivity contribution in [1.29, 1.82) is 0 Å². The Bertz CT molecular complexity index is 754. The first kappa shape index (κ1) is 14.0. The molecule has 0 aliphatic carbocycles. The van der Waals surface area contributed by atoms with Crippen LogP contribution in [-0.2, 0) is 13.0 Å². The molecule has 21 heavy (non-hydrogen) atoms. The predicted octanol–water partition coefficient (Wildman–Crippen LogP) is 3.77. The molecule has 1 aromatic carbocycles. The zero-order chi connectivity index (χ0) is 14.7. The minimum Gasteiger partial charge on any atom is -0.438 e. The Hall–Kier alpha value is -1.98. The summed E-state index contributed by atoms with van der Waals surface area (Å²) in [5.74, 6) is 1.42. The molecule has 0 bridgehead atoms. The van der Waals surface area contributed by atoms with Crippen LogP contribution in [0.5, 0.6) is 11.6 Å². The molecule has 108 valence electrons. The summed E-state index contributed by atoms with van der Waals surface area (Å²) in [6.07, 6.45) is 2.56. The maximum atomic E-state index is 5.96. The Morgan fingerprint density at radius 3 is 2.95 bits per heavy atom. The van der Waals surface area contributed by atoms with Gasteiger partial charge >= 0.3 is 0 Å². The van der Waals surface area contributed by atoms with Crippen LogP contribution in [0.1, 0.15) is 17.4 Å². The first-order chi connectivity index (χ1) is 10.3. The van der Waals surface area contributed by atoms with Gasteiger partial charge in [-0.25, -0.2) is 9.97 Å². The van der Waals surface area contributed by atoms with E-state index >= 15 is 0 Å². The van der Waals surface area contributed by atoms with E-state index in [4.69, 9.17) is 4.74 Å². The second-order valence-corrected chi connectivity index (χ2v) is 5.86. The molecule has 0 aliphatic heterocycles. The molecule has 0 aliphatic rings. The molecule has 0 amide bonds. The van der Waals surface area contributed by atoms with E-state index in [1.807, 2.05) is 25.2 Å². The number of nitrogens with zero attached hydrogens (tertiary/aromatic N) is 2. The number of rotatable bonds is 5. The van der Waals surface area contributed by atoms with Crippen molar-refractivity contribution in [3.8, 4) is 11.6 Å². The van der Waals surface area contributed by atoms with Crippen molar-refractivity contribution in [2.45, 2.75) is 19.9 Å². The molecule has 0 radical (unpaired) electrons. The molecule has 2 aromatic heterocycles. The fourth-order valence-electron chi connectivity index (χ4n) is 2.17. The van der Waals surface area contributed by atoms with Crippen molar-refractivity contribution in [3.63, 3.8) is 0 Å². The highest BCUT2D eigenvalue weighted by molar-refractivity contribution is 7.18. The average molecular weight is 299 g/mol. The summed E-state index contributed by atoms with van der Waals surface area (Å²) in [5.41, 5.74) is 1.18. The van der Waals surface area contributed by atoms with Gasteiger partial charge in [0, 0.05) is 11.4 Å². The lowest BCUT2D eigenvalue weighted by Gasteiger charge is -2.07. The van der Waals surface area contributed by atoms with Gasteiger partial charge in [0.25, 0.3) is 0 Å². The van der Waals surface area contributed by atoms with Crippen LogP contribution in [0.15, 0.2) is 36.7 Å². The van der Waals surface area contributed by atoms with Gasteiger partial charge < -0.3 is 10.1 Å². The summed E-state index contributed by atoms with van der Waals surface area (Å²) < 4.78 is 5.96. The lowest BCUT2D eigenvalue weighted by atomic mass is 10.2. The molecule has 3 aromatic rings. The number of hydrogen-bond donors (Lipinski definition) is 1. The Morgan fingerprint density at radius 2 is 2.14 bits per heavy atom. The van der Waals surface area contributed by atoms with Crippen LogP contribution in [0.25, 0.3) is 10.2 Å². The lowest BCUT2D eigenvalue weighted by Crippen LogP contribution is -2.04. The van der Waals surface area contributed by atoms with Gasteiger partial charge in [-0.1, -0.05) is 19.1 Å². The normalized spacial score (nSPS) is 11.0. The highest BCUT2D eigenvalue weighted by Gasteiger charge is 2.10. The monoisotopic (exact) mass is 299 g/mol. The number of hydrogen-bond acceptors (Lipinski definition) is 5. The third-order valence-electron chi connectivity index (χ3n) is 3.19. The molecule has 3 rings (SSSR count). The highest BCUT2D eigenvalue weighted by Crippen LogP contribution is 2.32. The van der Waals surface area contributed by atoms with Gasteiger partial charge in [0.2, 0.25) is 5.88 Å². The fourth-order valence-corrected chi connectivity index (χ4v) is 3.10. The van der Waals surface area contributed by atoms with E-state index in [1.54, 1.807) is 17.7 Å². The SMILES string of the molecule is CCc1cc2c(Oc3cccc(CNC)c3)ncnc2s1. The number of fused-ring (bicyclic) bond motifs is 1. The summed E-state index contributed by atoms with van der Waals surface area (Å²) in [4.78, 5) is 10.9. The van der Waals surface area contributed by atoms with Crippen LogP contribution in [0, 0.1) is 0 Å². The van der Waals surface area contributed by atoms with Crippen molar-refractivity contribution in [1.82, 2.24) is 15.3 Å². The molecular formula is C16H17N3OS. The molecular weight excluding hydrogens is 282 g/mol. The largest absolute Gasteiger partial charge is 0.438 e. The van der Waals surface area contributed by atoms with Crippen molar-refractivity contribution in [2.24, 2.45) is 0 Å². The molecule has 5 heteroatoms. The molecule has 2 heterocycles. The van der Waals surface area contributed by atoms with E-state index < -0.39 is 0 Å². The Labute approximate surface area is 127 Å². The van der Waals surface area contributed by atoms with E-state index in [9.17, 15) is 0 Å². The molecule has 0 unspecified atom stereocenters. The van der Waals surface area contributed by atoms with Crippen molar-refractivity contribution >= 4 is 21.6 Å². The summed E-state index contributed by atoms with van der Waals surface area (Å²) in [7, 11) is 1.93. The number of ether oxygens (including phenoxy) is 1. The number of nitrogens with one attached hydrogen (secondary N) is 1. The standard InChI is InChI=1S/C16H17N3OS/c1-3-13-8-14-15(18-10-19-16(14)21-13)20-12-6-4-5-11(7-12)9-17-2/h4-8,10,17H,3,9H2,1-2H3. The van der Waals surface area contributed by atoms with Crippen molar-refractivity contribution < 1.29 is 4.74 Å². The van der Waals surface area contributed by atoms with Gasteiger partial charge in [-0.15, -0.1) is 11.3 Å². The van der Waals surface area contributed by atoms with Crippen LogP contribution in [-0.4, -0.2) is 17.0 Å². The first-order valence-corrected chi connectivity index (χ1v) is 7.76. The maximum absolute atomic E-state index is 5.96. The Kier molecular flexibility index (Phi) is 4.13. The Balaban J connectivity index is 1.94. The number of aryl methyl sites for hydroxylation is 1. The van der Waals surface area contributed by atoms with Crippen LogP contribution < -0.4 is 10.1 Å². The zero-order valence-electron chi connectivity index (χ0n) is 12.1. The van der Waals surface area contributed by atoms with E-state index in [2.05, 4.69) is 34.3 Å².